The van der Waals surface area contributed by atoms with Crippen molar-refractivity contribution in [2.75, 3.05) is 11.9 Å². The van der Waals surface area contributed by atoms with Gasteiger partial charge in [0.25, 0.3) is 0 Å². The molecular formula is C13H19N. The predicted molar refractivity (Wildman–Crippen MR) is 61.7 cm³/mol. The van der Waals surface area contributed by atoms with E-state index in [4.69, 9.17) is 0 Å². The average Bonchev–Trinajstić information content (AvgIpc) is 2.95. The van der Waals surface area contributed by atoms with Gasteiger partial charge < -0.3 is 5.32 Å². The Balaban J connectivity index is 1.85. The van der Waals surface area contributed by atoms with Crippen LogP contribution in [0.3, 0.4) is 0 Å². The highest BCUT2D eigenvalue weighted by Crippen LogP contribution is 2.32. The first-order chi connectivity index (χ1) is 6.75. The van der Waals surface area contributed by atoms with E-state index < -0.39 is 0 Å². The van der Waals surface area contributed by atoms with Gasteiger partial charge in [-0.15, -0.1) is 0 Å². The molecule has 0 radical (unpaired) electrons. The highest BCUT2D eigenvalue weighted by molar-refractivity contribution is 5.47. The van der Waals surface area contributed by atoms with E-state index in [1.165, 1.54) is 36.1 Å². The van der Waals surface area contributed by atoms with Crippen molar-refractivity contribution in [1.82, 2.24) is 0 Å². The molecule has 0 aliphatic heterocycles. The third-order valence-electron chi connectivity index (χ3n) is 3.09. The number of nitrogens with one attached hydrogen (secondary N) is 1. The summed E-state index contributed by atoms with van der Waals surface area (Å²) in [5.74, 6) is 1.02. The zero-order valence-corrected chi connectivity index (χ0v) is 9.14. The van der Waals surface area contributed by atoms with Gasteiger partial charge in [-0.2, -0.15) is 0 Å². The van der Waals surface area contributed by atoms with E-state index in [-0.39, 0.29) is 0 Å². The molecule has 1 aromatic rings. The van der Waals surface area contributed by atoms with Crippen molar-refractivity contribution in [3.63, 3.8) is 0 Å². The molecule has 1 aliphatic carbocycles. The van der Waals surface area contributed by atoms with Crippen molar-refractivity contribution in [3.05, 3.63) is 29.3 Å². The van der Waals surface area contributed by atoms with E-state index in [9.17, 15) is 0 Å². The van der Waals surface area contributed by atoms with E-state index in [1.54, 1.807) is 0 Å². The Hall–Kier alpha value is -0.980. The Morgan fingerprint density at radius 2 is 2.00 bits per heavy atom. The summed E-state index contributed by atoms with van der Waals surface area (Å²) in [7, 11) is 0. The third kappa shape index (κ3) is 2.50. The van der Waals surface area contributed by atoms with Gasteiger partial charge >= 0.3 is 0 Å². The van der Waals surface area contributed by atoms with Crippen LogP contribution in [0.25, 0.3) is 0 Å². The minimum Gasteiger partial charge on any atom is -0.385 e. The van der Waals surface area contributed by atoms with Crippen molar-refractivity contribution in [1.29, 1.82) is 0 Å². The number of rotatable bonds is 4. The van der Waals surface area contributed by atoms with Gasteiger partial charge in [0.05, 0.1) is 0 Å². The third-order valence-corrected chi connectivity index (χ3v) is 3.09. The quantitative estimate of drug-likeness (QED) is 0.764. The minimum absolute atomic E-state index is 1.02. The lowest BCUT2D eigenvalue weighted by molar-refractivity contribution is 0.760. The monoisotopic (exact) mass is 189 g/mol. The summed E-state index contributed by atoms with van der Waals surface area (Å²) in [6.45, 7) is 5.46. The van der Waals surface area contributed by atoms with E-state index in [0.717, 1.165) is 12.5 Å². The minimum atomic E-state index is 1.02. The smallest absolute Gasteiger partial charge is 0.0342 e. The van der Waals surface area contributed by atoms with Crippen LogP contribution in [0.1, 0.15) is 30.4 Å². The highest BCUT2D eigenvalue weighted by atomic mass is 14.9. The fraction of sp³-hybridized carbons (Fsp3) is 0.538. The second-order valence-corrected chi connectivity index (χ2v) is 4.46. The molecule has 0 atom stereocenters. The predicted octanol–water partition coefficient (Wildman–Crippen LogP) is 3.52. The van der Waals surface area contributed by atoms with Gasteiger partial charge in [0.15, 0.2) is 0 Å². The topological polar surface area (TPSA) is 12.0 Å². The summed E-state index contributed by atoms with van der Waals surface area (Å²) in [6, 6.07) is 6.60. The molecule has 1 aromatic carbocycles. The van der Waals surface area contributed by atoms with Crippen LogP contribution in [0.5, 0.6) is 0 Å². The molecule has 1 aliphatic rings. The van der Waals surface area contributed by atoms with Crippen LogP contribution >= 0.6 is 0 Å². The zero-order chi connectivity index (χ0) is 9.97. The summed E-state index contributed by atoms with van der Waals surface area (Å²) in [4.78, 5) is 0. The fourth-order valence-corrected chi connectivity index (χ4v) is 1.68. The summed E-state index contributed by atoms with van der Waals surface area (Å²) >= 11 is 0. The van der Waals surface area contributed by atoms with Gasteiger partial charge in [-0.1, -0.05) is 18.9 Å². The molecule has 0 amide bonds. The maximum absolute atomic E-state index is 3.48. The molecule has 0 saturated heterocycles. The number of aryl methyl sites for hydroxylation is 2. The fourth-order valence-electron chi connectivity index (χ4n) is 1.68. The molecule has 76 valence electrons. The molecule has 14 heavy (non-hydrogen) atoms. The van der Waals surface area contributed by atoms with Crippen LogP contribution in [0, 0.1) is 19.8 Å². The van der Waals surface area contributed by atoms with Crippen LogP contribution in [0.15, 0.2) is 18.2 Å². The zero-order valence-electron chi connectivity index (χ0n) is 9.14. The van der Waals surface area contributed by atoms with E-state index in [2.05, 4.69) is 37.4 Å². The maximum atomic E-state index is 3.48. The SMILES string of the molecule is Cc1ccc(NCCC2CC2)cc1C. The van der Waals surface area contributed by atoms with Crippen LogP contribution in [0.4, 0.5) is 5.69 Å². The van der Waals surface area contributed by atoms with Gasteiger partial charge in [0.1, 0.15) is 0 Å². The van der Waals surface area contributed by atoms with Crippen LogP contribution in [-0.2, 0) is 0 Å². The van der Waals surface area contributed by atoms with Gasteiger partial charge in [0.2, 0.25) is 0 Å². The van der Waals surface area contributed by atoms with E-state index in [1.807, 2.05) is 0 Å². The molecule has 0 aromatic heterocycles. The van der Waals surface area contributed by atoms with Gasteiger partial charge in [0, 0.05) is 12.2 Å². The van der Waals surface area contributed by atoms with Gasteiger partial charge in [-0.05, 0) is 49.4 Å². The largest absolute Gasteiger partial charge is 0.385 e. The van der Waals surface area contributed by atoms with E-state index >= 15 is 0 Å². The molecule has 1 saturated carbocycles. The van der Waals surface area contributed by atoms with Crippen molar-refractivity contribution >= 4 is 5.69 Å². The summed E-state index contributed by atoms with van der Waals surface area (Å²) in [5, 5.41) is 3.48. The molecule has 1 fully saturated rings. The average molecular weight is 189 g/mol. The Kier molecular flexibility index (Phi) is 2.76. The molecule has 2 rings (SSSR count). The van der Waals surface area contributed by atoms with Crippen molar-refractivity contribution < 1.29 is 0 Å². The summed E-state index contributed by atoms with van der Waals surface area (Å²) in [6.07, 6.45) is 4.25. The lowest BCUT2D eigenvalue weighted by atomic mass is 10.1. The number of hydrogen-bond acceptors (Lipinski definition) is 1. The van der Waals surface area contributed by atoms with Crippen LogP contribution in [0.2, 0.25) is 0 Å². The molecule has 0 heterocycles. The maximum Gasteiger partial charge on any atom is 0.0342 e. The standard InChI is InChI=1S/C13H19N/c1-10-3-6-13(9-11(10)2)14-8-7-12-4-5-12/h3,6,9,12,14H,4-5,7-8H2,1-2H3. The number of benzene rings is 1. The van der Waals surface area contributed by atoms with Crippen LogP contribution < -0.4 is 5.32 Å². The number of hydrogen-bond donors (Lipinski definition) is 1. The second-order valence-electron chi connectivity index (χ2n) is 4.46. The second kappa shape index (κ2) is 4.04. The molecular weight excluding hydrogens is 170 g/mol. The Morgan fingerprint density at radius 3 is 2.64 bits per heavy atom. The van der Waals surface area contributed by atoms with Crippen molar-refractivity contribution in [2.45, 2.75) is 33.1 Å². The first-order valence-electron chi connectivity index (χ1n) is 5.57. The van der Waals surface area contributed by atoms with E-state index in [0.29, 0.717) is 0 Å². The normalized spacial score (nSPS) is 15.6. The summed E-state index contributed by atoms with van der Waals surface area (Å²) < 4.78 is 0. The molecule has 0 bridgehead atoms. The Labute approximate surface area is 86.5 Å². The first-order valence-corrected chi connectivity index (χ1v) is 5.57. The molecule has 1 nitrogen and oxygen atoms in total. The highest BCUT2D eigenvalue weighted by Gasteiger charge is 2.19. The lowest BCUT2D eigenvalue weighted by Gasteiger charge is -2.07. The molecule has 0 spiro atoms. The first kappa shape index (κ1) is 9.57. The van der Waals surface area contributed by atoms with Crippen molar-refractivity contribution in [3.8, 4) is 0 Å². The molecule has 0 unspecified atom stereocenters. The van der Waals surface area contributed by atoms with Crippen molar-refractivity contribution in [2.24, 2.45) is 5.92 Å². The Morgan fingerprint density at radius 1 is 1.21 bits per heavy atom. The Bertz CT molecular complexity index is 313. The number of anilines is 1. The molecule has 1 heteroatoms. The van der Waals surface area contributed by atoms with Gasteiger partial charge in [-0.3, -0.25) is 0 Å². The lowest BCUT2D eigenvalue weighted by Crippen LogP contribution is -2.02. The van der Waals surface area contributed by atoms with Crippen LogP contribution in [-0.4, -0.2) is 6.54 Å². The summed E-state index contributed by atoms with van der Waals surface area (Å²) in [5.41, 5.74) is 4.02. The molecule has 1 N–H and O–H groups in total. The van der Waals surface area contributed by atoms with Gasteiger partial charge in [-0.25, -0.2) is 0 Å².